The molecule has 0 saturated carbocycles. The predicted molar refractivity (Wildman–Crippen MR) is 115 cm³/mol. The third-order valence-corrected chi connectivity index (χ3v) is 6.02. The van der Waals surface area contributed by atoms with Crippen molar-refractivity contribution in [2.75, 3.05) is 32.8 Å². The zero-order chi connectivity index (χ0) is 17.2. The van der Waals surface area contributed by atoms with E-state index in [0.717, 1.165) is 43.8 Å². The minimum atomic E-state index is 0. The summed E-state index contributed by atoms with van der Waals surface area (Å²) in [5, 5.41) is 4.57. The van der Waals surface area contributed by atoms with Crippen LogP contribution in [-0.2, 0) is 11.3 Å². The van der Waals surface area contributed by atoms with Crippen LogP contribution in [0.15, 0.2) is 4.99 Å². The normalized spacial score (nSPS) is 23.6. The van der Waals surface area contributed by atoms with Crippen molar-refractivity contribution >= 4 is 41.3 Å². The van der Waals surface area contributed by atoms with Gasteiger partial charge in [0.05, 0.1) is 18.8 Å². The maximum Gasteiger partial charge on any atom is 0.194 e. The summed E-state index contributed by atoms with van der Waals surface area (Å²) < 4.78 is 5.64. The Morgan fingerprint density at radius 1 is 1.44 bits per heavy atom. The third kappa shape index (κ3) is 4.86. The Hall–Kier alpha value is -0.410. The van der Waals surface area contributed by atoms with Gasteiger partial charge in [0, 0.05) is 36.5 Å². The van der Waals surface area contributed by atoms with Gasteiger partial charge in [-0.05, 0) is 32.6 Å². The lowest BCUT2D eigenvalue weighted by atomic mass is 9.87. The molecule has 1 aromatic heterocycles. The molecule has 1 N–H and O–H groups in total. The quantitative estimate of drug-likeness (QED) is 0.407. The minimum absolute atomic E-state index is 0. The molecular weight excluding hydrogens is 447 g/mol. The number of hydrogen-bond acceptors (Lipinski definition) is 4. The molecule has 0 radical (unpaired) electrons. The molecule has 3 rings (SSSR count). The summed E-state index contributed by atoms with van der Waals surface area (Å²) in [6.07, 6.45) is 2.40. The van der Waals surface area contributed by atoms with E-state index in [0.29, 0.717) is 17.9 Å². The number of hydrogen-bond donors (Lipinski definition) is 1. The highest BCUT2D eigenvalue weighted by Gasteiger charge is 2.42. The highest BCUT2D eigenvalue weighted by Crippen LogP contribution is 2.38. The fourth-order valence-corrected chi connectivity index (χ4v) is 4.74. The molecule has 25 heavy (non-hydrogen) atoms. The van der Waals surface area contributed by atoms with Crippen LogP contribution in [0.1, 0.15) is 55.1 Å². The third-order valence-electron chi connectivity index (χ3n) is 5.05. The van der Waals surface area contributed by atoms with Crippen LogP contribution in [0.4, 0.5) is 0 Å². The second-order valence-electron chi connectivity index (χ2n) is 7.35. The Bertz CT molecular complexity index is 596. The maximum atomic E-state index is 5.64. The van der Waals surface area contributed by atoms with Gasteiger partial charge in [-0.25, -0.2) is 9.98 Å². The number of thiazole rings is 1. The fraction of sp³-hybridized carbons (Fsp3) is 0.778. The van der Waals surface area contributed by atoms with Gasteiger partial charge in [-0.1, -0.05) is 13.8 Å². The van der Waals surface area contributed by atoms with Crippen molar-refractivity contribution in [3.63, 3.8) is 0 Å². The van der Waals surface area contributed by atoms with Gasteiger partial charge in [0.2, 0.25) is 0 Å². The highest BCUT2D eigenvalue weighted by molar-refractivity contribution is 14.0. The van der Waals surface area contributed by atoms with E-state index in [1.807, 2.05) is 0 Å². The second-order valence-corrected chi connectivity index (χ2v) is 8.64. The van der Waals surface area contributed by atoms with Crippen LogP contribution in [-0.4, -0.2) is 48.7 Å². The van der Waals surface area contributed by atoms with Gasteiger partial charge >= 0.3 is 0 Å². The summed E-state index contributed by atoms with van der Waals surface area (Å²) in [5.74, 6) is 1.51. The number of nitrogens with one attached hydrogen (secondary N) is 1. The molecule has 0 aromatic carbocycles. The summed E-state index contributed by atoms with van der Waals surface area (Å²) in [6.45, 7) is 14.2. The molecular formula is C18H31IN4OS. The van der Waals surface area contributed by atoms with Gasteiger partial charge in [0.15, 0.2) is 5.96 Å². The number of rotatable bonds is 4. The van der Waals surface area contributed by atoms with Crippen molar-refractivity contribution in [1.29, 1.82) is 0 Å². The van der Waals surface area contributed by atoms with E-state index in [4.69, 9.17) is 14.7 Å². The van der Waals surface area contributed by atoms with Crippen molar-refractivity contribution < 1.29 is 4.74 Å². The molecule has 1 aromatic rings. The summed E-state index contributed by atoms with van der Waals surface area (Å²) in [5.41, 5.74) is 1.58. The van der Waals surface area contributed by atoms with Crippen LogP contribution in [0.25, 0.3) is 0 Å². The lowest BCUT2D eigenvalue weighted by Crippen LogP contribution is -2.41. The number of aromatic nitrogens is 1. The highest BCUT2D eigenvalue weighted by atomic mass is 127. The first kappa shape index (κ1) is 20.9. The minimum Gasteiger partial charge on any atom is -0.381 e. The predicted octanol–water partition coefficient (Wildman–Crippen LogP) is 3.77. The SMILES string of the molecule is CCNC(=NCc1nc(C(C)C)c(C)s1)N1CCC2(CCOC2)C1.I. The van der Waals surface area contributed by atoms with E-state index >= 15 is 0 Å². The van der Waals surface area contributed by atoms with E-state index < -0.39 is 0 Å². The standard InChI is InChI=1S/C18H30N4OS.HI/c1-5-19-17(22-8-6-18(11-22)7-9-23-12-18)20-10-15-21-16(13(2)3)14(4)24-15;/h13H,5-12H2,1-4H3,(H,19,20);1H. The lowest BCUT2D eigenvalue weighted by molar-refractivity contribution is 0.156. The molecule has 1 atom stereocenters. The van der Waals surface area contributed by atoms with Gasteiger partial charge in [0.25, 0.3) is 0 Å². The Morgan fingerprint density at radius 2 is 2.24 bits per heavy atom. The van der Waals surface area contributed by atoms with Crippen molar-refractivity contribution in [3.05, 3.63) is 15.6 Å². The molecule has 0 aliphatic carbocycles. The number of halogens is 1. The van der Waals surface area contributed by atoms with Crippen LogP contribution < -0.4 is 5.32 Å². The first-order valence-corrected chi connectivity index (χ1v) is 9.92. The van der Waals surface area contributed by atoms with Crippen molar-refractivity contribution in [2.45, 2.75) is 53.0 Å². The van der Waals surface area contributed by atoms with Crippen LogP contribution in [0, 0.1) is 12.3 Å². The number of nitrogens with zero attached hydrogens (tertiary/aromatic N) is 3. The first-order chi connectivity index (χ1) is 11.5. The topological polar surface area (TPSA) is 49.8 Å². The summed E-state index contributed by atoms with van der Waals surface area (Å²) in [6, 6.07) is 0. The average molecular weight is 478 g/mol. The number of likely N-dealkylation sites (tertiary alicyclic amines) is 1. The smallest absolute Gasteiger partial charge is 0.194 e. The van der Waals surface area contributed by atoms with Crippen molar-refractivity contribution in [1.82, 2.24) is 15.2 Å². The Kier molecular flexibility index (Phi) is 7.52. The van der Waals surface area contributed by atoms with E-state index in [9.17, 15) is 0 Å². The Morgan fingerprint density at radius 3 is 2.84 bits per heavy atom. The molecule has 5 nitrogen and oxygen atoms in total. The summed E-state index contributed by atoms with van der Waals surface area (Å²) in [7, 11) is 0. The Balaban J connectivity index is 0.00000225. The first-order valence-electron chi connectivity index (χ1n) is 9.10. The zero-order valence-electron chi connectivity index (χ0n) is 15.8. The van der Waals surface area contributed by atoms with Gasteiger partial charge in [-0.15, -0.1) is 35.3 Å². The number of ether oxygens (including phenoxy) is 1. The molecule has 2 saturated heterocycles. The summed E-state index contributed by atoms with van der Waals surface area (Å²) in [4.78, 5) is 13.4. The van der Waals surface area contributed by atoms with Gasteiger partial charge < -0.3 is 15.0 Å². The molecule has 2 aliphatic rings. The Labute approximate surface area is 172 Å². The maximum absolute atomic E-state index is 5.64. The van der Waals surface area contributed by atoms with Crippen LogP contribution in [0.2, 0.25) is 0 Å². The largest absolute Gasteiger partial charge is 0.381 e. The number of guanidine groups is 1. The zero-order valence-corrected chi connectivity index (χ0v) is 18.9. The van der Waals surface area contributed by atoms with E-state index in [-0.39, 0.29) is 24.0 Å². The molecule has 0 bridgehead atoms. The molecule has 2 fully saturated rings. The van der Waals surface area contributed by atoms with Crippen LogP contribution >= 0.6 is 35.3 Å². The number of aryl methyl sites for hydroxylation is 1. The van der Waals surface area contributed by atoms with Crippen molar-refractivity contribution in [3.8, 4) is 0 Å². The second kappa shape index (κ2) is 8.99. The van der Waals surface area contributed by atoms with Gasteiger partial charge in [-0.2, -0.15) is 0 Å². The number of aliphatic imine (C=N–C) groups is 1. The fourth-order valence-electron chi connectivity index (χ4n) is 3.72. The molecule has 7 heteroatoms. The average Bonchev–Trinajstić information content (AvgIpc) is 3.26. The van der Waals surface area contributed by atoms with Gasteiger partial charge in [-0.3, -0.25) is 0 Å². The molecule has 1 spiro atoms. The van der Waals surface area contributed by atoms with Gasteiger partial charge in [0.1, 0.15) is 5.01 Å². The molecule has 142 valence electrons. The van der Waals surface area contributed by atoms with E-state index in [2.05, 4.69) is 37.9 Å². The summed E-state index contributed by atoms with van der Waals surface area (Å²) >= 11 is 1.78. The monoisotopic (exact) mass is 478 g/mol. The molecule has 2 aliphatic heterocycles. The molecule has 1 unspecified atom stereocenters. The van der Waals surface area contributed by atoms with E-state index in [1.165, 1.54) is 23.4 Å². The van der Waals surface area contributed by atoms with E-state index in [1.54, 1.807) is 11.3 Å². The van der Waals surface area contributed by atoms with Crippen LogP contribution in [0.3, 0.4) is 0 Å². The van der Waals surface area contributed by atoms with Crippen molar-refractivity contribution in [2.24, 2.45) is 10.4 Å². The molecule has 3 heterocycles. The van der Waals surface area contributed by atoms with Crippen LogP contribution in [0.5, 0.6) is 0 Å². The lowest BCUT2D eigenvalue weighted by Gasteiger charge is -2.24. The molecule has 0 amide bonds.